The van der Waals surface area contributed by atoms with Gasteiger partial charge >= 0.3 is 5.97 Å². The molecule has 3 aliphatic rings. The first-order valence-corrected chi connectivity index (χ1v) is 8.41. The van der Waals surface area contributed by atoms with Crippen LogP contribution in [0.25, 0.3) is 0 Å². The molecule has 0 aromatic rings. The quantitative estimate of drug-likeness (QED) is 0.826. The van der Waals surface area contributed by atoms with E-state index in [1.54, 1.807) is 0 Å². The minimum Gasteiger partial charge on any atom is -0.481 e. The highest BCUT2D eigenvalue weighted by Crippen LogP contribution is 2.32. The summed E-state index contributed by atoms with van der Waals surface area (Å²) in [6.07, 6.45) is 7.85. The summed E-state index contributed by atoms with van der Waals surface area (Å²) >= 11 is 0. The maximum Gasteiger partial charge on any atom is 0.306 e. The van der Waals surface area contributed by atoms with Gasteiger partial charge in [-0.15, -0.1) is 0 Å². The van der Waals surface area contributed by atoms with Crippen molar-refractivity contribution in [2.75, 3.05) is 13.1 Å². The van der Waals surface area contributed by atoms with Crippen LogP contribution in [-0.4, -0.2) is 47.1 Å². The Hall–Kier alpha value is -1.10. The topological polar surface area (TPSA) is 69.6 Å². The predicted octanol–water partition coefficient (Wildman–Crippen LogP) is 1.62. The van der Waals surface area contributed by atoms with Gasteiger partial charge in [-0.3, -0.25) is 9.59 Å². The number of hydrogen-bond donors (Lipinski definition) is 2. The first-order chi connectivity index (χ1) is 10.1. The fourth-order valence-corrected chi connectivity index (χ4v) is 3.75. The highest BCUT2D eigenvalue weighted by molar-refractivity contribution is 5.81. The van der Waals surface area contributed by atoms with Gasteiger partial charge in [0.2, 0.25) is 5.91 Å². The number of hydrogen-bond acceptors (Lipinski definition) is 3. The van der Waals surface area contributed by atoms with Gasteiger partial charge < -0.3 is 15.3 Å². The maximum atomic E-state index is 12.0. The molecule has 2 N–H and O–H groups in total. The number of carbonyl (C=O) groups is 2. The average molecular weight is 294 g/mol. The van der Waals surface area contributed by atoms with Gasteiger partial charge in [0.05, 0.1) is 5.92 Å². The van der Waals surface area contributed by atoms with Gasteiger partial charge in [-0.25, -0.2) is 0 Å². The van der Waals surface area contributed by atoms with Gasteiger partial charge in [0.1, 0.15) is 0 Å². The number of carboxylic acid groups (broad SMARTS) is 1. The zero-order chi connectivity index (χ0) is 14.8. The van der Waals surface area contributed by atoms with Crippen LogP contribution >= 0.6 is 0 Å². The minimum atomic E-state index is -0.647. The average Bonchev–Trinajstić information content (AvgIpc) is 3.32. The third-order valence-corrected chi connectivity index (χ3v) is 5.23. The molecular formula is C16H26N2O3. The van der Waals surface area contributed by atoms with E-state index in [1.807, 2.05) is 4.90 Å². The molecule has 0 spiro atoms. The number of rotatable bonds is 4. The molecule has 2 unspecified atom stereocenters. The standard InChI is InChI=1S/C16H26N2O3/c19-15(11-4-5-11)18-8-6-13(7-9-18)17-14-3-1-2-12(10-14)16(20)21/h11-14,17H,1-10H2,(H,20,21). The molecule has 2 atom stereocenters. The Bertz CT molecular complexity index is 400. The number of amides is 1. The van der Waals surface area contributed by atoms with Crippen LogP contribution < -0.4 is 5.32 Å². The largest absolute Gasteiger partial charge is 0.481 e. The van der Waals surface area contributed by atoms with E-state index in [0.717, 1.165) is 64.5 Å². The van der Waals surface area contributed by atoms with Crippen molar-refractivity contribution in [2.45, 2.75) is 63.5 Å². The Labute approximate surface area is 126 Å². The van der Waals surface area contributed by atoms with E-state index >= 15 is 0 Å². The number of aliphatic carboxylic acids is 1. The summed E-state index contributed by atoms with van der Waals surface area (Å²) < 4.78 is 0. The van der Waals surface area contributed by atoms with Gasteiger partial charge in [0.15, 0.2) is 0 Å². The second-order valence-electron chi connectivity index (χ2n) is 6.94. The molecule has 5 nitrogen and oxygen atoms in total. The van der Waals surface area contributed by atoms with E-state index in [9.17, 15) is 9.59 Å². The van der Waals surface area contributed by atoms with Gasteiger partial charge in [0, 0.05) is 31.1 Å². The first kappa shape index (κ1) is 14.8. The lowest BCUT2D eigenvalue weighted by Gasteiger charge is -2.36. The number of carbonyl (C=O) groups excluding carboxylic acids is 1. The number of piperidine rings is 1. The SMILES string of the molecule is O=C(O)C1CCCC(NC2CCN(C(=O)C3CC3)CC2)C1. The van der Waals surface area contributed by atoms with Gasteiger partial charge in [0.25, 0.3) is 0 Å². The van der Waals surface area contributed by atoms with Crippen LogP contribution in [0.1, 0.15) is 51.4 Å². The van der Waals surface area contributed by atoms with E-state index in [1.165, 1.54) is 0 Å². The molecule has 3 fully saturated rings. The fourth-order valence-electron chi connectivity index (χ4n) is 3.75. The van der Waals surface area contributed by atoms with Crippen molar-refractivity contribution in [3.63, 3.8) is 0 Å². The molecular weight excluding hydrogens is 268 g/mol. The van der Waals surface area contributed by atoms with Gasteiger partial charge in [-0.1, -0.05) is 6.42 Å². The van der Waals surface area contributed by atoms with Crippen LogP contribution in [-0.2, 0) is 9.59 Å². The zero-order valence-electron chi connectivity index (χ0n) is 12.6. The van der Waals surface area contributed by atoms with E-state index < -0.39 is 5.97 Å². The lowest BCUT2D eigenvalue weighted by molar-refractivity contribution is -0.143. The van der Waals surface area contributed by atoms with Crippen molar-refractivity contribution in [1.29, 1.82) is 0 Å². The van der Waals surface area contributed by atoms with Crippen molar-refractivity contribution < 1.29 is 14.7 Å². The fraction of sp³-hybridized carbons (Fsp3) is 0.875. The Morgan fingerprint density at radius 3 is 2.24 bits per heavy atom. The molecule has 1 saturated heterocycles. The van der Waals surface area contributed by atoms with Crippen LogP contribution in [0.15, 0.2) is 0 Å². The molecule has 2 saturated carbocycles. The third-order valence-electron chi connectivity index (χ3n) is 5.23. The normalized spacial score (nSPS) is 31.1. The highest BCUT2D eigenvalue weighted by atomic mass is 16.4. The molecule has 0 radical (unpaired) electrons. The molecule has 21 heavy (non-hydrogen) atoms. The smallest absolute Gasteiger partial charge is 0.306 e. The predicted molar refractivity (Wildman–Crippen MR) is 78.8 cm³/mol. The Balaban J connectivity index is 1.42. The Morgan fingerprint density at radius 1 is 0.905 bits per heavy atom. The summed E-state index contributed by atoms with van der Waals surface area (Å²) in [5.41, 5.74) is 0. The van der Waals surface area contributed by atoms with Crippen molar-refractivity contribution >= 4 is 11.9 Å². The Kier molecular flexibility index (Phi) is 4.48. The first-order valence-electron chi connectivity index (χ1n) is 8.41. The molecule has 3 rings (SSSR count). The number of nitrogens with zero attached hydrogens (tertiary/aromatic N) is 1. The summed E-state index contributed by atoms with van der Waals surface area (Å²) in [7, 11) is 0. The number of carboxylic acids is 1. The van der Waals surface area contributed by atoms with Crippen molar-refractivity contribution in [2.24, 2.45) is 11.8 Å². The third kappa shape index (κ3) is 3.76. The molecule has 1 heterocycles. The summed E-state index contributed by atoms with van der Waals surface area (Å²) in [6, 6.07) is 0.793. The second kappa shape index (κ2) is 6.34. The lowest BCUT2D eigenvalue weighted by atomic mass is 9.85. The summed E-state index contributed by atoms with van der Waals surface area (Å²) in [6.45, 7) is 1.73. The molecule has 0 aromatic heterocycles. The van der Waals surface area contributed by atoms with Crippen molar-refractivity contribution in [1.82, 2.24) is 10.2 Å². The molecule has 5 heteroatoms. The Morgan fingerprint density at radius 2 is 1.62 bits per heavy atom. The zero-order valence-corrected chi connectivity index (χ0v) is 12.6. The second-order valence-corrected chi connectivity index (χ2v) is 6.94. The van der Waals surface area contributed by atoms with Crippen molar-refractivity contribution in [3.05, 3.63) is 0 Å². The maximum absolute atomic E-state index is 12.0. The summed E-state index contributed by atoms with van der Waals surface area (Å²) in [5, 5.41) is 12.8. The van der Waals surface area contributed by atoms with E-state index in [-0.39, 0.29) is 5.92 Å². The van der Waals surface area contributed by atoms with E-state index in [2.05, 4.69) is 5.32 Å². The van der Waals surface area contributed by atoms with Crippen LogP contribution in [0.4, 0.5) is 0 Å². The minimum absolute atomic E-state index is 0.173. The highest BCUT2D eigenvalue weighted by Gasteiger charge is 2.35. The van der Waals surface area contributed by atoms with Gasteiger partial charge in [-0.2, -0.15) is 0 Å². The van der Waals surface area contributed by atoms with Crippen LogP contribution in [0.5, 0.6) is 0 Å². The number of nitrogens with one attached hydrogen (secondary N) is 1. The molecule has 0 bridgehead atoms. The van der Waals surface area contributed by atoms with Crippen LogP contribution in [0, 0.1) is 11.8 Å². The summed E-state index contributed by atoms with van der Waals surface area (Å²) in [4.78, 5) is 25.1. The molecule has 0 aromatic carbocycles. The molecule has 1 amide bonds. The monoisotopic (exact) mass is 294 g/mol. The molecule has 1 aliphatic heterocycles. The lowest BCUT2D eigenvalue weighted by Crippen LogP contribution is -2.49. The van der Waals surface area contributed by atoms with Crippen LogP contribution in [0.2, 0.25) is 0 Å². The van der Waals surface area contributed by atoms with E-state index in [4.69, 9.17) is 5.11 Å². The van der Waals surface area contributed by atoms with Crippen LogP contribution in [0.3, 0.4) is 0 Å². The molecule has 118 valence electrons. The summed E-state index contributed by atoms with van der Waals surface area (Å²) in [5.74, 6) is -0.139. The van der Waals surface area contributed by atoms with Gasteiger partial charge in [-0.05, 0) is 44.9 Å². The van der Waals surface area contributed by atoms with Crippen molar-refractivity contribution in [3.8, 4) is 0 Å². The van der Waals surface area contributed by atoms with E-state index in [0.29, 0.717) is 23.9 Å². The number of likely N-dealkylation sites (tertiary alicyclic amines) is 1. The molecule has 2 aliphatic carbocycles.